The van der Waals surface area contributed by atoms with Crippen molar-refractivity contribution in [2.24, 2.45) is 17.6 Å². The van der Waals surface area contributed by atoms with Crippen molar-refractivity contribution in [1.82, 2.24) is 16.0 Å². The molecule has 2 bridgehead atoms. The molecule has 0 fully saturated rings. The van der Waals surface area contributed by atoms with Gasteiger partial charge in [-0.1, -0.05) is 52.8 Å². The maximum absolute atomic E-state index is 12.3. The molecule has 0 aromatic carbocycles. The summed E-state index contributed by atoms with van der Waals surface area (Å²) in [6.45, 7) is 6.42. The lowest BCUT2D eigenvalue weighted by molar-refractivity contribution is -0.127. The van der Waals surface area contributed by atoms with E-state index in [1.807, 2.05) is 12.2 Å². The van der Waals surface area contributed by atoms with Crippen LogP contribution in [0.3, 0.4) is 0 Å². The average Bonchev–Trinajstić information content (AvgIpc) is 2.86. The molecule has 1 aliphatic heterocycles. The van der Waals surface area contributed by atoms with Crippen molar-refractivity contribution in [3.05, 3.63) is 35.6 Å². The van der Waals surface area contributed by atoms with Gasteiger partial charge in [-0.25, -0.2) is 0 Å². The Labute approximate surface area is 191 Å². The van der Waals surface area contributed by atoms with Crippen molar-refractivity contribution in [3.8, 4) is 0 Å². The minimum absolute atomic E-state index is 0. The summed E-state index contributed by atoms with van der Waals surface area (Å²) in [6, 6.07) is -0.822. The first-order valence-corrected chi connectivity index (χ1v) is 10.5. The van der Waals surface area contributed by atoms with E-state index >= 15 is 0 Å². The summed E-state index contributed by atoms with van der Waals surface area (Å²) in [6.07, 6.45) is 11.1. The van der Waals surface area contributed by atoms with Crippen LogP contribution in [0.5, 0.6) is 0 Å². The first-order chi connectivity index (χ1) is 14.3. The van der Waals surface area contributed by atoms with Gasteiger partial charge in [0.25, 0.3) is 5.91 Å². The van der Waals surface area contributed by atoms with Crippen LogP contribution < -0.4 is 21.7 Å². The molecule has 8 nitrogen and oxygen atoms in total. The third kappa shape index (κ3) is 10.1. The Morgan fingerprint density at radius 3 is 2.58 bits per heavy atom. The van der Waals surface area contributed by atoms with Gasteiger partial charge in [-0.3, -0.25) is 14.4 Å². The van der Waals surface area contributed by atoms with Gasteiger partial charge in [0.05, 0.1) is 12.6 Å². The van der Waals surface area contributed by atoms with E-state index in [1.54, 1.807) is 13.0 Å². The van der Waals surface area contributed by atoms with E-state index in [4.69, 9.17) is 5.73 Å². The number of fused-ring (bicyclic) bond motifs is 2. The highest BCUT2D eigenvalue weighted by Crippen LogP contribution is 2.22. The van der Waals surface area contributed by atoms with E-state index in [2.05, 4.69) is 35.9 Å². The van der Waals surface area contributed by atoms with Gasteiger partial charge >= 0.3 is 0 Å². The van der Waals surface area contributed by atoms with Crippen LogP contribution in [0, 0.1) is 11.8 Å². The molecule has 3 amide bonds. The summed E-state index contributed by atoms with van der Waals surface area (Å²) in [7, 11) is 0. The zero-order valence-corrected chi connectivity index (χ0v) is 18.1. The number of aldehydes is 1. The Bertz CT molecular complexity index is 730. The second-order valence-corrected chi connectivity index (χ2v) is 7.47. The topological polar surface area (TPSA) is 130 Å². The molecule has 182 valence electrons. The molecule has 2 rings (SSSR count). The molecule has 0 spiro atoms. The highest BCUT2D eigenvalue weighted by Gasteiger charge is 2.22. The minimum atomic E-state index is -0.822. The molecule has 0 aromatic rings. The number of primary amides is 1. The minimum Gasteiger partial charge on any atom is -0.380 e. The van der Waals surface area contributed by atoms with E-state index in [9.17, 15) is 19.2 Å². The molecule has 0 saturated heterocycles. The summed E-state index contributed by atoms with van der Waals surface area (Å²) >= 11 is 0. The normalized spacial score (nSPS) is 18.1. The molecular formula is C23H46N4O4. The lowest BCUT2D eigenvalue weighted by Gasteiger charge is -2.18. The van der Waals surface area contributed by atoms with Crippen molar-refractivity contribution in [2.45, 2.75) is 59.9 Å². The Morgan fingerprint density at radius 2 is 2.00 bits per heavy atom. The van der Waals surface area contributed by atoms with Crippen molar-refractivity contribution in [2.75, 3.05) is 13.1 Å². The number of nitrogens with one attached hydrogen (secondary N) is 3. The second-order valence-electron chi connectivity index (χ2n) is 7.47. The third-order valence-corrected chi connectivity index (χ3v) is 4.67. The molecular weight excluding hydrogens is 396 g/mol. The number of rotatable bonds is 9. The summed E-state index contributed by atoms with van der Waals surface area (Å²) in [4.78, 5) is 46.8. The average molecular weight is 443 g/mol. The van der Waals surface area contributed by atoms with Crippen LogP contribution in [0.1, 0.15) is 59.6 Å². The second kappa shape index (κ2) is 15.0. The van der Waals surface area contributed by atoms with E-state index in [0.717, 1.165) is 12.0 Å². The summed E-state index contributed by atoms with van der Waals surface area (Å²) in [5.41, 5.74) is 6.73. The maximum Gasteiger partial charge on any atom is 0.267 e. The highest BCUT2D eigenvalue weighted by atomic mass is 16.2. The van der Waals surface area contributed by atoms with Crippen LogP contribution >= 0.6 is 0 Å². The molecule has 8 heteroatoms. The van der Waals surface area contributed by atoms with Crippen LogP contribution in [0.25, 0.3) is 0 Å². The number of hydrogen-bond acceptors (Lipinski definition) is 5. The van der Waals surface area contributed by atoms with Crippen LogP contribution in [-0.2, 0) is 19.2 Å². The Balaban J connectivity index is -0.000000356. The number of allylic oxidation sites excluding steroid dienone is 4. The fraction of sp³-hybridized carbons (Fsp3) is 0.565. The van der Waals surface area contributed by atoms with Gasteiger partial charge in [0.15, 0.2) is 0 Å². The van der Waals surface area contributed by atoms with Gasteiger partial charge in [0.2, 0.25) is 11.8 Å². The monoisotopic (exact) mass is 442 g/mol. The third-order valence-electron chi connectivity index (χ3n) is 4.67. The van der Waals surface area contributed by atoms with Gasteiger partial charge in [0.1, 0.15) is 12.0 Å². The van der Waals surface area contributed by atoms with Gasteiger partial charge in [-0.05, 0) is 36.8 Å². The number of nitrogens with two attached hydrogens (primary N) is 1. The molecule has 0 radical (unpaired) electrons. The quantitative estimate of drug-likeness (QED) is 0.408. The predicted molar refractivity (Wildman–Crippen MR) is 131 cm³/mol. The smallest absolute Gasteiger partial charge is 0.267 e. The summed E-state index contributed by atoms with van der Waals surface area (Å²) in [5.74, 6) is -1.54. The van der Waals surface area contributed by atoms with Gasteiger partial charge in [-0.2, -0.15) is 0 Å². The lowest BCUT2D eigenvalue weighted by atomic mass is 9.95. The van der Waals surface area contributed by atoms with Crippen LogP contribution in [-0.4, -0.2) is 43.1 Å². The van der Waals surface area contributed by atoms with Crippen molar-refractivity contribution in [3.63, 3.8) is 0 Å². The first-order valence-electron chi connectivity index (χ1n) is 10.5. The SMILES string of the molecule is C.CCC.CC[C@@H](C[C@@H](C=O)NC(=O)CNC(=O)C1=CC2=CC=CC(CN1)C2)C(N)=O.[HH].[HH].[HH].[HH]. The van der Waals surface area contributed by atoms with Gasteiger partial charge in [-0.15, -0.1) is 0 Å². The number of carbonyl (C=O) groups excluding carboxylic acids is 4. The first kappa shape index (κ1) is 28.1. The standard InChI is InChI=1S/C19H26N4O4.C3H8.CH4.4H2/c1-2-14(18(20)26)8-15(11-24)23-17(25)10-22-19(27)16-7-12-4-3-5-13(6-12)9-21-16;1-3-2;;;;;/h3-5,7,11,13-15,21H,2,6,8-10H2,1H3,(H2,20,26)(H,22,27)(H,23,25);3H2,1-2H3;1H4;4*1H/t13?,14-,15-;;;;;;/m0....../s1. The fourth-order valence-electron chi connectivity index (χ4n) is 3.10. The molecule has 2 aliphatic rings. The van der Waals surface area contributed by atoms with Crippen molar-refractivity contribution < 1.29 is 24.9 Å². The Morgan fingerprint density at radius 1 is 1.32 bits per heavy atom. The van der Waals surface area contributed by atoms with E-state index < -0.39 is 23.8 Å². The largest absolute Gasteiger partial charge is 0.380 e. The van der Waals surface area contributed by atoms with E-state index in [0.29, 0.717) is 30.9 Å². The number of amides is 3. The molecule has 3 atom stereocenters. The maximum atomic E-state index is 12.3. The van der Waals surface area contributed by atoms with Crippen LogP contribution in [0.4, 0.5) is 0 Å². The Hall–Kier alpha value is -2.90. The van der Waals surface area contributed by atoms with E-state index in [-0.39, 0.29) is 32.0 Å². The zero-order chi connectivity index (χ0) is 22.5. The summed E-state index contributed by atoms with van der Waals surface area (Å²) < 4.78 is 0. The predicted octanol–water partition coefficient (Wildman–Crippen LogP) is 2.71. The molecule has 0 aromatic heterocycles. The molecule has 0 saturated carbocycles. The van der Waals surface area contributed by atoms with Gasteiger partial charge < -0.3 is 26.5 Å². The van der Waals surface area contributed by atoms with Crippen molar-refractivity contribution >= 4 is 24.0 Å². The molecule has 1 heterocycles. The molecule has 1 unspecified atom stereocenters. The summed E-state index contributed by atoms with van der Waals surface area (Å²) in [5, 5.41) is 8.14. The van der Waals surface area contributed by atoms with Gasteiger partial charge in [0, 0.05) is 18.2 Å². The number of hydrogen-bond donors (Lipinski definition) is 4. The van der Waals surface area contributed by atoms with E-state index in [1.165, 1.54) is 6.42 Å². The Kier molecular flexibility index (Phi) is 13.6. The molecule has 5 N–H and O–H groups in total. The van der Waals surface area contributed by atoms with Crippen LogP contribution in [0.15, 0.2) is 35.6 Å². The highest BCUT2D eigenvalue weighted by molar-refractivity contribution is 5.96. The molecule has 1 aliphatic carbocycles. The van der Waals surface area contributed by atoms with Crippen molar-refractivity contribution in [1.29, 1.82) is 0 Å². The lowest BCUT2D eigenvalue weighted by Crippen LogP contribution is -2.45. The fourth-order valence-corrected chi connectivity index (χ4v) is 3.10. The zero-order valence-electron chi connectivity index (χ0n) is 18.1. The number of carbonyl (C=O) groups is 4. The van der Waals surface area contributed by atoms with Crippen LogP contribution in [0.2, 0.25) is 0 Å². The molecule has 31 heavy (non-hydrogen) atoms.